The number of ketones is 1. The monoisotopic (exact) mass is 285 g/mol. The van der Waals surface area contributed by atoms with Gasteiger partial charge >= 0.3 is 0 Å². The Morgan fingerprint density at radius 3 is 2.62 bits per heavy atom. The van der Waals surface area contributed by atoms with Crippen molar-refractivity contribution in [2.24, 2.45) is 0 Å². The highest BCUT2D eigenvalue weighted by molar-refractivity contribution is 5.97. The van der Waals surface area contributed by atoms with Crippen molar-refractivity contribution in [3.63, 3.8) is 0 Å². The molecule has 2 aromatic carbocycles. The number of aliphatic hydroxyl groups excluding tert-OH is 1. The molecule has 2 aromatic rings. The van der Waals surface area contributed by atoms with Crippen LogP contribution in [-0.4, -0.2) is 15.8 Å². The molecule has 1 atom stereocenters. The Morgan fingerprint density at radius 2 is 2.00 bits per heavy atom. The predicted octanol–water partition coefficient (Wildman–Crippen LogP) is 3.32. The third-order valence-corrected chi connectivity index (χ3v) is 3.42. The maximum atomic E-state index is 11.6. The fourth-order valence-corrected chi connectivity index (χ4v) is 2.26. The lowest BCUT2D eigenvalue weighted by Crippen LogP contribution is -2.11. The molecule has 0 spiro atoms. The molecule has 0 aromatic heterocycles. The van der Waals surface area contributed by atoms with Crippen LogP contribution in [0.3, 0.4) is 0 Å². The van der Waals surface area contributed by atoms with E-state index in [2.05, 4.69) is 6.58 Å². The highest BCUT2D eigenvalue weighted by Crippen LogP contribution is 2.35. The van der Waals surface area contributed by atoms with E-state index < -0.39 is 11.0 Å². The molecule has 1 N–H and O–H groups in total. The molecule has 5 heteroatoms. The SMILES string of the molecule is C=C(C(=O)CC)C(O)c1ccc2ccccc2c1[N+](=O)[O-]. The topological polar surface area (TPSA) is 80.4 Å². The number of Topliss-reactive ketones (excluding diaryl/α,β-unsaturated/α-hetero) is 1. The molecular formula is C16H15NO4. The first-order valence-electron chi connectivity index (χ1n) is 6.53. The van der Waals surface area contributed by atoms with Crippen LogP contribution in [0.4, 0.5) is 5.69 Å². The van der Waals surface area contributed by atoms with Crippen LogP contribution in [-0.2, 0) is 4.79 Å². The summed E-state index contributed by atoms with van der Waals surface area (Å²) in [5, 5.41) is 22.8. The third-order valence-electron chi connectivity index (χ3n) is 3.42. The van der Waals surface area contributed by atoms with Crippen molar-refractivity contribution in [3.05, 3.63) is 64.2 Å². The zero-order chi connectivity index (χ0) is 15.6. The summed E-state index contributed by atoms with van der Waals surface area (Å²) >= 11 is 0. The minimum absolute atomic E-state index is 0.0316. The van der Waals surface area contributed by atoms with Gasteiger partial charge in [-0.3, -0.25) is 14.9 Å². The van der Waals surface area contributed by atoms with Crippen LogP contribution in [0.5, 0.6) is 0 Å². The number of nitrogens with zero attached hydrogens (tertiary/aromatic N) is 1. The number of rotatable bonds is 5. The minimum Gasteiger partial charge on any atom is -0.383 e. The summed E-state index contributed by atoms with van der Waals surface area (Å²) < 4.78 is 0. The van der Waals surface area contributed by atoms with Gasteiger partial charge in [0.15, 0.2) is 5.78 Å². The van der Waals surface area contributed by atoms with Gasteiger partial charge in [-0.15, -0.1) is 0 Å². The second-order valence-electron chi connectivity index (χ2n) is 4.69. The molecule has 0 amide bonds. The van der Waals surface area contributed by atoms with Crippen molar-refractivity contribution >= 4 is 22.2 Å². The summed E-state index contributed by atoms with van der Waals surface area (Å²) in [6.45, 7) is 5.21. The molecule has 1 unspecified atom stereocenters. The molecular weight excluding hydrogens is 270 g/mol. The first-order valence-corrected chi connectivity index (χ1v) is 6.53. The van der Waals surface area contributed by atoms with E-state index in [0.29, 0.717) is 10.8 Å². The van der Waals surface area contributed by atoms with Crippen LogP contribution >= 0.6 is 0 Å². The molecule has 2 rings (SSSR count). The fourth-order valence-electron chi connectivity index (χ4n) is 2.26. The third kappa shape index (κ3) is 2.68. The molecule has 0 fully saturated rings. The van der Waals surface area contributed by atoms with E-state index in [-0.39, 0.29) is 29.0 Å². The van der Waals surface area contributed by atoms with Crippen molar-refractivity contribution in [1.29, 1.82) is 0 Å². The van der Waals surface area contributed by atoms with Crippen LogP contribution in [0.25, 0.3) is 10.8 Å². The summed E-state index contributed by atoms with van der Waals surface area (Å²) in [4.78, 5) is 22.5. The van der Waals surface area contributed by atoms with Gasteiger partial charge in [0.05, 0.1) is 15.9 Å². The van der Waals surface area contributed by atoms with Gasteiger partial charge in [-0.05, 0) is 17.5 Å². The minimum atomic E-state index is -1.37. The Bertz CT molecular complexity index is 736. The summed E-state index contributed by atoms with van der Waals surface area (Å²) in [5.41, 5.74) is -0.132. The number of nitro groups is 1. The van der Waals surface area contributed by atoms with Gasteiger partial charge in [0, 0.05) is 12.0 Å². The van der Waals surface area contributed by atoms with E-state index in [1.807, 2.05) is 0 Å². The maximum Gasteiger partial charge on any atom is 0.283 e. The normalized spacial score (nSPS) is 12.1. The number of carbonyl (C=O) groups is 1. The lowest BCUT2D eigenvalue weighted by atomic mass is 9.94. The largest absolute Gasteiger partial charge is 0.383 e. The Hall–Kier alpha value is -2.53. The van der Waals surface area contributed by atoms with Gasteiger partial charge < -0.3 is 5.11 Å². The zero-order valence-electron chi connectivity index (χ0n) is 11.6. The Morgan fingerprint density at radius 1 is 1.33 bits per heavy atom. The number of aliphatic hydroxyl groups is 1. The van der Waals surface area contributed by atoms with Crippen LogP contribution in [0, 0.1) is 10.1 Å². The molecule has 0 aliphatic heterocycles. The van der Waals surface area contributed by atoms with E-state index >= 15 is 0 Å². The first-order chi connectivity index (χ1) is 9.97. The van der Waals surface area contributed by atoms with E-state index in [1.165, 1.54) is 6.07 Å². The fraction of sp³-hybridized carbons (Fsp3) is 0.188. The molecule has 5 nitrogen and oxygen atoms in total. The van der Waals surface area contributed by atoms with Gasteiger partial charge in [-0.2, -0.15) is 0 Å². The standard InChI is InChI=1S/C16H15NO4/c1-3-14(18)10(2)16(19)13-9-8-11-6-4-5-7-12(11)15(13)17(20)21/h4-9,16,19H,2-3H2,1H3. The Balaban J connectivity index is 2.64. The van der Waals surface area contributed by atoms with Crippen molar-refractivity contribution in [2.45, 2.75) is 19.4 Å². The van der Waals surface area contributed by atoms with E-state index in [4.69, 9.17) is 0 Å². The molecule has 0 radical (unpaired) electrons. The van der Waals surface area contributed by atoms with Gasteiger partial charge in [0.25, 0.3) is 5.69 Å². The molecule has 0 heterocycles. The first kappa shape index (κ1) is 14.9. The van der Waals surface area contributed by atoms with Crippen molar-refractivity contribution < 1.29 is 14.8 Å². The van der Waals surface area contributed by atoms with Crippen molar-refractivity contribution in [3.8, 4) is 0 Å². The van der Waals surface area contributed by atoms with Gasteiger partial charge in [-0.1, -0.05) is 37.8 Å². The molecule has 0 bridgehead atoms. The zero-order valence-corrected chi connectivity index (χ0v) is 11.6. The number of benzene rings is 2. The summed E-state index contributed by atoms with van der Waals surface area (Å²) in [6, 6.07) is 10.0. The molecule has 0 saturated heterocycles. The van der Waals surface area contributed by atoms with Gasteiger partial charge in [-0.25, -0.2) is 0 Å². The van der Waals surface area contributed by atoms with Gasteiger partial charge in [0.1, 0.15) is 6.10 Å². The lowest BCUT2D eigenvalue weighted by Gasteiger charge is -2.14. The smallest absolute Gasteiger partial charge is 0.283 e. The van der Waals surface area contributed by atoms with Crippen LogP contribution in [0.15, 0.2) is 48.6 Å². The van der Waals surface area contributed by atoms with Crippen LogP contribution in [0.1, 0.15) is 25.0 Å². The van der Waals surface area contributed by atoms with Crippen LogP contribution < -0.4 is 0 Å². The molecule has 0 aliphatic rings. The van der Waals surface area contributed by atoms with Crippen LogP contribution in [0.2, 0.25) is 0 Å². The van der Waals surface area contributed by atoms with Crippen molar-refractivity contribution in [1.82, 2.24) is 0 Å². The number of hydrogen-bond acceptors (Lipinski definition) is 4. The van der Waals surface area contributed by atoms with E-state index in [0.717, 1.165) is 0 Å². The molecule has 21 heavy (non-hydrogen) atoms. The highest BCUT2D eigenvalue weighted by Gasteiger charge is 2.27. The Labute approximate surface area is 121 Å². The predicted molar refractivity (Wildman–Crippen MR) is 80.0 cm³/mol. The highest BCUT2D eigenvalue weighted by atomic mass is 16.6. The van der Waals surface area contributed by atoms with Gasteiger partial charge in [0.2, 0.25) is 0 Å². The second kappa shape index (κ2) is 5.85. The molecule has 108 valence electrons. The lowest BCUT2D eigenvalue weighted by molar-refractivity contribution is -0.384. The van der Waals surface area contributed by atoms with E-state index in [1.54, 1.807) is 37.3 Å². The number of hydrogen-bond donors (Lipinski definition) is 1. The molecule has 0 aliphatic carbocycles. The average molecular weight is 285 g/mol. The Kier molecular flexibility index (Phi) is 4.14. The number of carbonyl (C=O) groups excluding carboxylic acids is 1. The average Bonchev–Trinajstić information content (AvgIpc) is 2.51. The quantitative estimate of drug-likeness (QED) is 0.519. The number of fused-ring (bicyclic) bond motifs is 1. The van der Waals surface area contributed by atoms with E-state index in [9.17, 15) is 20.0 Å². The summed E-state index contributed by atoms with van der Waals surface area (Å²) in [7, 11) is 0. The second-order valence-corrected chi connectivity index (χ2v) is 4.69. The number of nitro benzene ring substituents is 1. The van der Waals surface area contributed by atoms with Crippen molar-refractivity contribution in [2.75, 3.05) is 0 Å². The summed E-state index contributed by atoms with van der Waals surface area (Å²) in [5.74, 6) is -0.315. The summed E-state index contributed by atoms with van der Waals surface area (Å²) in [6.07, 6.45) is -1.18. The maximum absolute atomic E-state index is 11.6. The molecule has 0 saturated carbocycles.